The molecule has 1 heterocycles. The highest BCUT2D eigenvalue weighted by Crippen LogP contribution is 2.30. The molecular weight excluding hydrogens is 356 g/mol. The summed E-state index contributed by atoms with van der Waals surface area (Å²) in [5.41, 5.74) is 6.97. The van der Waals surface area contributed by atoms with E-state index in [1.165, 1.54) is 0 Å². The van der Waals surface area contributed by atoms with Gasteiger partial charge in [0.15, 0.2) is 0 Å². The molecule has 1 aliphatic rings. The first kappa shape index (κ1) is 19.5. The van der Waals surface area contributed by atoms with E-state index >= 15 is 0 Å². The first-order chi connectivity index (χ1) is 13.4. The fourth-order valence-electron chi connectivity index (χ4n) is 3.49. The van der Waals surface area contributed by atoms with Gasteiger partial charge in [0.2, 0.25) is 5.91 Å². The minimum absolute atomic E-state index is 0.157. The van der Waals surface area contributed by atoms with Crippen molar-refractivity contribution in [2.45, 2.75) is 38.1 Å². The van der Waals surface area contributed by atoms with Crippen LogP contribution in [0.25, 0.3) is 11.3 Å². The zero-order valence-electron chi connectivity index (χ0n) is 15.8. The number of carbonyl (C=O) groups is 3. The summed E-state index contributed by atoms with van der Waals surface area (Å²) in [5, 5.41) is 5.58. The van der Waals surface area contributed by atoms with Gasteiger partial charge in [-0.25, -0.2) is 0 Å². The smallest absolute Gasteiger partial charge is 0.252 e. The Morgan fingerprint density at radius 1 is 1.04 bits per heavy atom. The first-order valence-electron chi connectivity index (χ1n) is 9.42. The van der Waals surface area contributed by atoms with Crippen molar-refractivity contribution in [1.29, 1.82) is 0 Å². The summed E-state index contributed by atoms with van der Waals surface area (Å²) >= 11 is 0. The van der Waals surface area contributed by atoms with Gasteiger partial charge >= 0.3 is 0 Å². The van der Waals surface area contributed by atoms with Gasteiger partial charge in [0.1, 0.15) is 5.54 Å². The molecule has 1 aromatic heterocycles. The lowest BCUT2D eigenvalue weighted by atomic mass is 9.96. The van der Waals surface area contributed by atoms with Crippen LogP contribution in [0, 0.1) is 0 Å². The van der Waals surface area contributed by atoms with Gasteiger partial charge in [-0.2, -0.15) is 0 Å². The zero-order chi connectivity index (χ0) is 20.1. The predicted octanol–water partition coefficient (Wildman–Crippen LogP) is 2.03. The maximum atomic E-state index is 12.6. The van der Waals surface area contributed by atoms with Crippen LogP contribution in [0.3, 0.4) is 0 Å². The number of nitrogens with one attached hydrogen (secondary N) is 2. The average molecular weight is 380 g/mol. The Hall–Kier alpha value is -3.22. The van der Waals surface area contributed by atoms with Crippen LogP contribution in [0.1, 0.15) is 53.3 Å². The highest BCUT2D eigenvalue weighted by Gasteiger charge is 2.40. The Balaban J connectivity index is 1.76. The number of rotatable bonds is 6. The van der Waals surface area contributed by atoms with Gasteiger partial charge in [0.05, 0.1) is 5.69 Å². The largest absolute Gasteiger partial charge is 0.368 e. The van der Waals surface area contributed by atoms with E-state index in [4.69, 9.17) is 5.73 Å². The average Bonchev–Trinajstić information content (AvgIpc) is 3.18. The molecular formula is C21H24N4O3. The van der Waals surface area contributed by atoms with E-state index in [1.807, 2.05) is 6.92 Å². The Bertz CT molecular complexity index is 887. The normalized spacial score (nSPS) is 15.0. The van der Waals surface area contributed by atoms with Crippen LogP contribution in [0.5, 0.6) is 0 Å². The number of carbonyl (C=O) groups excluding carboxylic acids is 3. The van der Waals surface area contributed by atoms with Crippen LogP contribution in [0.15, 0.2) is 42.6 Å². The number of nitrogens with zero attached hydrogens (tertiary/aromatic N) is 1. The monoisotopic (exact) mass is 380 g/mol. The minimum atomic E-state index is -0.946. The molecule has 2 aromatic rings. The molecule has 3 rings (SSSR count). The molecule has 0 radical (unpaired) electrons. The number of amides is 3. The van der Waals surface area contributed by atoms with Crippen molar-refractivity contribution in [3.8, 4) is 11.3 Å². The van der Waals surface area contributed by atoms with Crippen molar-refractivity contribution in [2.75, 3.05) is 6.54 Å². The molecule has 0 aliphatic heterocycles. The van der Waals surface area contributed by atoms with E-state index in [0.29, 0.717) is 36.2 Å². The van der Waals surface area contributed by atoms with E-state index in [9.17, 15) is 14.4 Å². The molecule has 0 spiro atoms. The Kier molecular flexibility index (Phi) is 5.73. The molecule has 1 aromatic carbocycles. The van der Waals surface area contributed by atoms with Crippen molar-refractivity contribution in [3.05, 3.63) is 53.7 Å². The maximum absolute atomic E-state index is 12.6. The van der Waals surface area contributed by atoms with Crippen molar-refractivity contribution in [3.63, 3.8) is 0 Å². The van der Waals surface area contributed by atoms with Gasteiger partial charge in [0, 0.05) is 29.4 Å². The van der Waals surface area contributed by atoms with E-state index < -0.39 is 11.4 Å². The Morgan fingerprint density at radius 2 is 1.71 bits per heavy atom. The second-order valence-electron chi connectivity index (χ2n) is 6.97. The third kappa shape index (κ3) is 4.03. The van der Waals surface area contributed by atoms with Crippen LogP contribution >= 0.6 is 0 Å². The Morgan fingerprint density at radius 3 is 2.32 bits per heavy atom. The fourth-order valence-corrected chi connectivity index (χ4v) is 3.49. The number of nitrogens with two attached hydrogens (primary N) is 1. The SMILES string of the molecule is CCNC(=O)c1ccnc(-c2ccc(C(=O)NC3(C(N)=O)CCCC3)cc2)c1. The van der Waals surface area contributed by atoms with E-state index in [2.05, 4.69) is 15.6 Å². The number of primary amides is 1. The van der Waals surface area contributed by atoms with Crippen molar-refractivity contribution >= 4 is 17.7 Å². The maximum Gasteiger partial charge on any atom is 0.252 e. The summed E-state index contributed by atoms with van der Waals surface area (Å²) in [5.74, 6) is -0.965. The summed E-state index contributed by atoms with van der Waals surface area (Å²) in [6, 6.07) is 10.3. The van der Waals surface area contributed by atoms with E-state index in [0.717, 1.165) is 18.4 Å². The number of aromatic nitrogens is 1. The fraction of sp³-hybridized carbons (Fsp3) is 0.333. The summed E-state index contributed by atoms with van der Waals surface area (Å²) in [7, 11) is 0. The molecule has 1 aliphatic carbocycles. The molecule has 0 saturated heterocycles. The summed E-state index contributed by atoms with van der Waals surface area (Å²) in [6.45, 7) is 2.41. The van der Waals surface area contributed by atoms with Crippen molar-refractivity contribution in [1.82, 2.24) is 15.6 Å². The van der Waals surface area contributed by atoms with Crippen molar-refractivity contribution in [2.24, 2.45) is 5.73 Å². The number of benzene rings is 1. The van der Waals surface area contributed by atoms with Gasteiger partial charge in [0.25, 0.3) is 11.8 Å². The topological polar surface area (TPSA) is 114 Å². The zero-order valence-corrected chi connectivity index (χ0v) is 15.8. The predicted molar refractivity (Wildman–Crippen MR) is 106 cm³/mol. The molecule has 0 atom stereocenters. The van der Waals surface area contributed by atoms with Gasteiger partial charge < -0.3 is 16.4 Å². The quantitative estimate of drug-likeness (QED) is 0.711. The number of pyridine rings is 1. The molecule has 7 heteroatoms. The molecule has 28 heavy (non-hydrogen) atoms. The van der Waals surface area contributed by atoms with Crippen LogP contribution < -0.4 is 16.4 Å². The second-order valence-corrected chi connectivity index (χ2v) is 6.97. The molecule has 7 nitrogen and oxygen atoms in total. The van der Waals surface area contributed by atoms with Gasteiger partial charge in [-0.1, -0.05) is 25.0 Å². The minimum Gasteiger partial charge on any atom is -0.368 e. The second kappa shape index (κ2) is 8.21. The third-order valence-electron chi connectivity index (χ3n) is 5.08. The van der Waals surface area contributed by atoms with Gasteiger partial charge in [-0.3, -0.25) is 19.4 Å². The van der Waals surface area contributed by atoms with E-state index in [-0.39, 0.29) is 11.8 Å². The molecule has 1 saturated carbocycles. The van der Waals surface area contributed by atoms with Crippen LogP contribution in [-0.4, -0.2) is 34.8 Å². The number of hydrogen-bond donors (Lipinski definition) is 3. The van der Waals surface area contributed by atoms with Crippen molar-refractivity contribution < 1.29 is 14.4 Å². The molecule has 146 valence electrons. The molecule has 1 fully saturated rings. The van der Waals surface area contributed by atoms with E-state index in [1.54, 1.807) is 42.6 Å². The molecule has 3 amide bonds. The third-order valence-corrected chi connectivity index (χ3v) is 5.08. The van der Waals surface area contributed by atoms with Crippen LogP contribution in [0.4, 0.5) is 0 Å². The molecule has 0 bridgehead atoms. The first-order valence-corrected chi connectivity index (χ1v) is 9.42. The standard InChI is InChI=1S/C21H24N4O3/c1-2-23-18(26)16-9-12-24-17(13-16)14-5-7-15(8-6-14)19(27)25-21(20(22)28)10-3-4-11-21/h5-9,12-13H,2-4,10-11H2,1H3,(H2,22,28)(H,23,26)(H,25,27). The summed E-state index contributed by atoms with van der Waals surface area (Å²) < 4.78 is 0. The summed E-state index contributed by atoms with van der Waals surface area (Å²) in [4.78, 5) is 40.7. The van der Waals surface area contributed by atoms with Crippen LogP contribution in [0.2, 0.25) is 0 Å². The Labute approximate surface area is 163 Å². The van der Waals surface area contributed by atoms with Gasteiger partial charge in [-0.15, -0.1) is 0 Å². The van der Waals surface area contributed by atoms with Gasteiger partial charge in [-0.05, 0) is 44.0 Å². The molecule has 0 unspecified atom stereocenters. The highest BCUT2D eigenvalue weighted by atomic mass is 16.2. The summed E-state index contributed by atoms with van der Waals surface area (Å²) in [6.07, 6.45) is 4.47. The lowest BCUT2D eigenvalue weighted by molar-refractivity contribution is -0.123. The molecule has 4 N–H and O–H groups in total. The lowest BCUT2D eigenvalue weighted by Crippen LogP contribution is -2.55. The lowest BCUT2D eigenvalue weighted by Gasteiger charge is -2.26. The van der Waals surface area contributed by atoms with Crippen LogP contribution in [-0.2, 0) is 4.79 Å². The highest BCUT2D eigenvalue weighted by molar-refractivity contribution is 5.99. The number of hydrogen-bond acceptors (Lipinski definition) is 4.